The van der Waals surface area contributed by atoms with Gasteiger partial charge in [-0.15, -0.1) is 0 Å². The highest BCUT2D eigenvalue weighted by Gasteiger charge is 2.12. The fourth-order valence-electron chi connectivity index (χ4n) is 2.27. The zero-order chi connectivity index (χ0) is 18.6. The van der Waals surface area contributed by atoms with Crippen molar-refractivity contribution in [2.24, 2.45) is 0 Å². The monoisotopic (exact) mass is 400 g/mol. The van der Waals surface area contributed by atoms with Crippen LogP contribution >= 0.6 is 23.2 Å². The topological polar surface area (TPSA) is 66.5 Å². The number of halogens is 2. The van der Waals surface area contributed by atoms with Crippen molar-refractivity contribution in [2.45, 2.75) is 11.4 Å². The third-order valence-corrected chi connectivity index (χ3v) is 5.40. The molecule has 5 nitrogen and oxygen atoms in total. The molecule has 0 aliphatic heterocycles. The van der Waals surface area contributed by atoms with Gasteiger partial charge in [0.15, 0.2) is 9.84 Å². The third kappa shape index (κ3) is 5.71. The summed E-state index contributed by atoms with van der Waals surface area (Å²) in [7, 11) is -1.54. The maximum absolute atomic E-state index is 12.2. The quantitative estimate of drug-likeness (QED) is 0.805. The summed E-state index contributed by atoms with van der Waals surface area (Å²) < 4.78 is 23.1. The highest BCUT2D eigenvalue weighted by atomic mass is 35.5. The average molecular weight is 401 g/mol. The molecule has 25 heavy (non-hydrogen) atoms. The molecular weight excluding hydrogens is 383 g/mol. The van der Waals surface area contributed by atoms with E-state index in [1.165, 1.54) is 12.1 Å². The molecule has 0 saturated carbocycles. The first-order chi connectivity index (χ1) is 11.7. The van der Waals surface area contributed by atoms with Crippen molar-refractivity contribution in [1.82, 2.24) is 4.90 Å². The molecule has 8 heteroatoms. The van der Waals surface area contributed by atoms with Crippen LogP contribution in [-0.2, 0) is 21.2 Å². The molecule has 0 bridgehead atoms. The Morgan fingerprint density at radius 2 is 1.84 bits per heavy atom. The molecule has 0 atom stereocenters. The number of hydrogen-bond donors (Lipinski definition) is 1. The smallest absolute Gasteiger partial charge is 0.238 e. The Morgan fingerprint density at radius 1 is 1.16 bits per heavy atom. The lowest BCUT2D eigenvalue weighted by molar-refractivity contribution is -0.117. The minimum absolute atomic E-state index is 0.117. The van der Waals surface area contributed by atoms with Gasteiger partial charge in [-0.05, 0) is 36.9 Å². The van der Waals surface area contributed by atoms with Gasteiger partial charge in [0, 0.05) is 18.5 Å². The molecule has 0 radical (unpaired) electrons. The van der Waals surface area contributed by atoms with E-state index >= 15 is 0 Å². The van der Waals surface area contributed by atoms with Crippen LogP contribution in [0.25, 0.3) is 0 Å². The minimum Gasteiger partial charge on any atom is -0.325 e. The van der Waals surface area contributed by atoms with Crippen LogP contribution in [0.2, 0.25) is 10.0 Å². The summed E-state index contributed by atoms with van der Waals surface area (Å²) in [6, 6.07) is 11.5. The lowest BCUT2D eigenvalue weighted by atomic mass is 10.2. The Morgan fingerprint density at radius 3 is 2.52 bits per heavy atom. The van der Waals surface area contributed by atoms with Crippen molar-refractivity contribution in [1.29, 1.82) is 0 Å². The first-order valence-corrected chi connectivity index (χ1v) is 10.0. The molecule has 0 fully saturated rings. The molecule has 0 heterocycles. The molecule has 0 spiro atoms. The molecule has 0 aromatic heterocycles. The van der Waals surface area contributed by atoms with Crippen LogP contribution in [0.1, 0.15) is 5.56 Å². The van der Waals surface area contributed by atoms with E-state index in [4.69, 9.17) is 23.2 Å². The maximum Gasteiger partial charge on any atom is 0.238 e. The molecular formula is C17H18Cl2N2O3S. The Hall–Kier alpha value is -1.60. The number of carbonyl (C=O) groups excluding carboxylic acids is 1. The van der Waals surface area contributed by atoms with Crippen LogP contribution in [0.15, 0.2) is 47.4 Å². The van der Waals surface area contributed by atoms with Crippen molar-refractivity contribution >= 4 is 44.6 Å². The normalized spacial score (nSPS) is 11.6. The predicted molar refractivity (Wildman–Crippen MR) is 101 cm³/mol. The molecule has 0 aliphatic carbocycles. The molecule has 0 aliphatic rings. The van der Waals surface area contributed by atoms with Crippen LogP contribution in [0.4, 0.5) is 5.69 Å². The minimum atomic E-state index is -3.32. The summed E-state index contributed by atoms with van der Waals surface area (Å²) in [4.78, 5) is 14.1. The van der Waals surface area contributed by atoms with Crippen molar-refractivity contribution in [3.8, 4) is 0 Å². The first-order valence-electron chi connectivity index (χ1n) is 7.38. The molecule has 134 valence electrons. The van der Waals surface area contributed by atoms with E-state index in [-0.39, 0.29) is 17.3 Å². The van der Waals surface area contributed by atoms with Gasteiger partial charge in [-0.2, -0.15) is 0 Å². The number of amides is 1. The van der Waals surface area contributed by atoms with Gasteiger partial charge in [-0.1, -0.05) is 41.4 Å². The second-order valence-corrected chi connectivity index (χ2v) is 8.53. The molecule has 1 N–H and O–H groups in total. The molecule has 1 amide bonds. The van der Waals surface area contributed by atoms with Crippen molar-refractivity contribution in [3.05, 3.63) is 58.1 Å². The van der Waals surface area contributed by atoms with Crippen molar-refractivity contribution in [3.63, 3.8) is 0 Å². The number of benzene rings is 2. The van der Waals surface area contributed by atoms with E-state index in [2.05, 4.69) is 5.32 Å². The lowest BCUT2D eigenvalue weighted by Crippen LogP contribution is -2.30. The second-order valence-electron chi connectivity index (χ2n) is 5.73. The van der Waals surface area contributed by atoms with Crippen LogP contribution in [0.5, 0.6) is 0 Å². The Bertz CT molecular complexity index is 885. The number of sulfone groups is 1. The molecule has 0 unspecified atom stereocenters. The summed E-state index contributed by atoms with van der Waals surface area (Å²) in [5.41, 5.74) is 1.26. The van der Waals surface area contributed by atoms with Gasteiger partial charge in [0.2, 0.25) is 5.91 Å². The zero-order valence-electron chi connectivity index (χ0n) is 13.8. The highest BCUT2D eigenvalue weighted by molar-refractivity contribution is 7.90. The van der Waals surface area contributed by atoms with Crippen LogP contribution in [-0.4, -0.2) is 39.1 Å². The van der Waals surface area contributed by atoms with E-state index in [0.717, 1.165) is 11.8 Å². The fourth-order valence-corrected chi connectivity index (χ4v) is 3.31. The summed E-state index contributed by atoms with van der Waals surface area (Å²) >= 11 is 12.1. The van der Waals surface area contributed by atoms with Crippen molar-refractivity contribution in [2.75, 3.05) is 25.2 Å². The van der Waals surface area contributed by atoms with Crippen LogP contribution < -0.4 is 5.32 Å². The number of nitrogens with one attached hydrogen (secondary N) is 1. The zero-order valence-corrected chi connectivity index (χ0v) is 16.1. The van der Waals surface area contributed by atoms with Gasteiger partial charge < -0.3 is 5.32 Å². The number of anilines is 1. The molecule has 2 rings (SSSR count). The van der Waals surface area contributed by atoms with Gasteiger partial charge in [0.1, 0.15) is 0 Å². The predicted octanol–water partition coefficient (Wildman–Crippen LogP) is 3.47. The SMILES string of the molecule is CN(CC(=O)Nc1cccc(S(C)(=O)=O)c1)Cc1cccc(Cl)c1Cl. The Balaban J connectivity index is 1.99. The van der Waals surface area contributed by atoms with Gasteiger partial charge in [-0.3, -0.25) is 9.69 Å². The molecule has 0 saturated heterocycles. The number of nitrogens with zero attached hydrogens (tertiary/aromatic N) is 1. The van der Waals surface area contributed by atoms with E-state index in [0.29, 0.717) is 22.3 Å². The molecule has 2 aromatic carbocycles. The second kappa shape index (κ2) is 8.19. The summed E-state index contributed by atoms with van der Waals surface area (Å²) in [5, 5.41) is 3.63. The standard InChI is InChI=1S/C17H18Cl2N2O3S/c1-21(10-12-5-3-8-15(18)17(12)19)11-16(22)20-13-6-4-7-14(9-13)25(2,23)24/h3-9H,10-11H2,1-2H3,(H,20,22). The van der Waals surface area contributed by atoms with E-state index < -0.39 is 9.84 Å². The third-order valence-electron chi connectivity index (χ3n) is 3.43. The van der Waals surface area contributed by atoms with E-state index in [1.807, 2.05) is 6.07 Å². The average Bonchev–Trinajstić information content (AvgIpc) is 2.51. The number of likely N-dealkylation sites (N-methyl/N-ethyl adjacent to an activating group) is 1. The largest absolute Gasteiger partial charge is 0.325 e. The summed E-state index contributed by atoms with van der Waals surface area (Å²) in [6.07, 6.45) is 1.12. The highest BCUT2D eigenvalue weighted by Crippen LogP contribution is 2.26. The van der Waals surface area contributed by atoms with E-state index in [9.17, 15) is 13.2 Å². The van der Waals surface area contributed by atoms with Crippen LogP contribution in [0.3, 0.4) is 0 Å². The molecule has 2 aromatic rings. The van der Waals surface area contributed by atoms with Gasteiger partial charge in [0.25, 0.3) is 0 Å². The van der Waals surface area contributed by atoms with Crippen LogP contribution in [0, 0.1) is 0 Å². The van der Waals surface area contributed by atoms with Gasteiger partial charge in [0.05, 0.1) is 21.5 Å². The first kappa shape index (κ1) is 19.7. The lowest BCUT2D eigenvalue weighted by Gasteiger charge is -2.17. The van der Waals surface area contributed by atoms with Crippen molar-refractivity contribution < 1.29 is 13.2 Å². The summed E-state index contributed by atoms with van der Waals surface area (Å²) in [6.45, 7) is 0.572. The maximum atomic E-state index is 12.2. The van der Waals surface area contributed by atoms with Gasteiger partial charge in [-0.25, -0.2) is 8.42 Å². The number of rotatable bonds is 6. The number of carbonyl (C=O) groups is 1. The van der Waals surface area contributed by atoms with Gasteiger partial charge >= 0.3 is 0 Å². The summed E-state index contributed by atoms with van der Waals surface area (Å²) in [5.74, 6) is -0.258. The Labute approximate surface area is 157 Å². The van der Waals surface area contributed by atoms with E-state index in [1.54, 1.807) is 36.2 Å². The Kier molecular flexibility index (Phi) is 6.46. The number of hydrogen-bond acceptors (Lipinski definition) is 4. The fraction of sp³-hybridized carbons (Fsp3) is 0.235.